The highest BCUT2D eigenvalue weighted by Crippen LogP contribution is 2.31. The Labute approximate surface area is 156 Å². The third kappa shape index (κ3) is 3.36. The number of nitrogens with zero attached hydrogens (tertiary/aromatic N) is 4. The van der Waals surface area contributed by atoms with E-state index in [1.54, 1.807) is 31.4 Å². The molecule has 1 N–H and O–H groups in total. The summed E-state index contributed by atoms with van der Waals surface area (Å²) in [5, 5.41) is 18.3. The van der Waals surface area contributed by atoms with Crippen LogP contribution in [0.3, 0.4) is 0 Å². The number of carboxylic acid groups (broad SMARTS) is 1. The van der Waals surface area contributed by atoms with Crippen molar-refractivity contribution in [2.24, 2.45) is 0 Å². The molecule has 0 aliphatic carbocycles. The van der Waals surface area contributed by atoms with E-state index in [2.05, 4.69) is 22.3 Å². The standard InChI is InChI=1S/C20H20N4O3/c1-27-17-9-7-16(8-10-17)24-21-18(20(25)26)19(22-24)23-12-11-15(13-23)14-5-3-2-4-6-14/h2-10,15H,11-13H2,1H3,(H,25,26). The van der Waals surface area contributed by atoms with Crippen LogP contribution >= 0.6 is 0 Å². The van der Waals surface area contributed by atoms with E-state index in [1.807, 2.05) is 23.1 Å². The Hall–Kier alpha value is -3.35. The molecular weight excluding hydrogens is 344 g/mol. The zero-order valence-corrected chi connectivity index (χ0v) is 14.9. The normalized spacial score (nSPS) is 16.5. The molecule has 1 aromatic heterocycles. The average Bonchev–Trinajstić information content (AvgIpc) is 3.36. The number of carbonyl (C=O) groups is 1. The predicted molar refractivity (Wildman–Crippen MR) is 101 cm³/mol. The second-order valence-electron chi connectivity index (χ2n) is 6.51. The number of carboxylic acids is 1. The van der Waals surface area contributed by atoms with E-state index in [0.717, 1.165) is 25.3 Å². The van der Waals surface area contributed by atoms with Crippen LogP contribution in [0.2, 0.25) is 0 Å². The Morgan fingerprint density at radius 2 is 1.85 bits per heavy atom. The van der Waals surface area contributed by atoms with Gasteiger partial charge in [0.15, 0.2) is 5.82 Å². The molecule has 1 atom stereocenters. The van der Waals surface area contributed by atoms with Crippen LogP contribution in [0.25, 0.3) is 5.69 Å². The maximum Gasteiger partial charge on any atom is 0.360 e. The molecule has 27 heavy (non-hydrogen) atoms. The number of rotatable bonds is 5. The van der Waals surface area contributed by atoms with Crippen molar-refractivity contribution in [3.63, 3.8) is 0 Å². The summed E-state index contributed by atoms with van der Waals surface area (Å²) in [7, 11) is 1.60. The molecule has 3 aromatic rings. The van der Waals surface area contributed by atoms with Gasteiger partial charge in [0.1, 0.15) is 5.75 Å². The van der Waals surface area contributed by atoms with E-state index < -0.39 is 5.97 Å². The van der Waals surface area contributed by atoms with Gasteiger partial charge < -0.3 is 14.7 Å². The van der Waals surface area contributed by atoms with Crippen LogP contribution in [0.15, 0.2) is 54.6 Å². The van der Waals surface area contributed by atoms with E-state index in [9.17, 15) is 9.90 Å². The van der Waals surface area contributed by atoms with Gasteiger partial charge in [-0.3, -0.25) is 0 Å². The monoisotopic (exact) mass is 364 g/mol. The van der Waals surface area contributed by atoms with Gasteiger partial charge in [-0.15, -0.1) is 15.0 Å². The Morgan fingerprint density at radius 3 is 2.52 bits per heavy atom. The SMILES string of the molecule is COc1ccc(-n2nc(C(=O)O)c(N3CCC(c4ccccc4)C3)n2)cc1. The summed E-state index contributed by atoms with van der Waals surface area (Å²) >= 11 is 0. The van der Waals surface area contributed by atoms with Gasteiger partial charge in [0, 0.05) is 19.0 Å². The van der Waals surface area contributed by atoms with Gasteiger partial charge in [0.05, 0.1) is 12.8 Å². The number of hydrogen-bond acceptors (Lipinski definition) is 5. The fraction of sp³-hybridized carbons (Fsp3) is 0.250. The molecule has 0 radical (unpaired) electrons. The lowest BCUT2D eigenvalue weighted by Gasteiger charge is -2.16. The molecule has 7 nitrogen and oxygen atoms in total. The van der Waals surface area contributed by atoms with E-state index in [0.29, 0.717) is 17.4 Å². The van der Waals surface area contributed by atoms with Gasteiger partial charge in [-0.05, 0) is 36.2 Å². The highest BCUT2D eigenvalue weighted by molar-refractivity contribution is 5.91. The fourth-order valence-corrected chi connectivity index (χ4v) is 3.43. The number of aromatic nitrogens is 3. The van der Waals surface area contributed by atoms with Crippen LogP contribution in [0.1, 0.15) is 28.4 Å². The summed E-state index contributed by atoms with van der Waals surface area (Å²) < 4.78 is 5.15. The molecule has 0 saturated carbocycles. The summed E-state index contributed by atoms with van der Waals surface area (Å²) in [6.45, 7) is 1.48. The number of methoxy groups -OCH3 is 1. The van der Waals surface area contributed by atoms with Crippen LogP contribution in [-0.2, 0) is 0 Å². The number of hydrogen-bond donors (Lipinski definition) is 1. The summed E-state index contributed by atoms with van der Waals surface area (Å²) in [6.07, 6.45) is 0.957. The van der Waals surface area contributed by atoms with Gasteiger partial charge >= 0.3 is 5.97 Å². The van der Waals surface area contributed by atoms with Crippen LogP contribution in [0.4, 0.5) is 5.82 Å². The molecule has 1 unspecified atom stereocenters. The lowest BCUT2D eigenvalue weighted by atomic mass is 9.99. The zero-order valence-electron chi connectivity index (χ0n) is 14.9. The minimum absolute atomic E-state index is 0.0282. The predicted octanol–water partition coefficient (Wildman–Crippen LogP) is 2.97. The first-order valence-electron chi connectivity index (χ1n) is 8.80. The molecule has 7 heteroatoms. The minimum atomic E-state index is -1.08. The van der Waals surface area contributed by atoms with E-state index in [4.69, 9.17) is 4.74 Å². The summed E-state index contributed by atoms with van der Waals surface area (Å²) in [4.78, 5) is 15.1. The van der Waals surface area contributed by atoms with Crippen molar-refractivity contribution in [3.8, 4) is 11.4 Å². The van der Waals surface area contributed by atoms with E-state index in [1.165, 1.54) is 10.4 Å². The first-order chi connectivity index (χ1) is 13.2. The van der Waals surface area contributed by atoms with Crippen molar-refractivity contribution in [2.75, 3.05) is 25.1 Å². The molecule has 2 aromatic carbocycles. The number of aromatic carboxylic acids is 1. The molecular formula is C20H20N4O3. The maximum absolute atomic E-state index is 11.7. The van der Waals surface area contributed by atoms with Gasteiger partial charge in [-0.25, -0.2) is 4.79 Å². The lowest BCUT2D eigenvalue weighted by Crippen LogP contribution is -2.22. The van der Waals surface area contributed by atoms with Crippen molar-refractivity contribution in [1.82, 2.24) is 15.0 Å². The first-order valence-corrected chi connectivity index (χ1v) is 8.80. The van der Waals surface area contributed by atoms with Gasteiger partial charge in [-0.1, -0.05) is 30.3 Å². The molecule has 1 aliphatic heterocycles. The Morgan fingerprint density at radius 1 is 1.11 bits per heavy atom. The largest absolute Gasteiger partial charge is 0.497 e. The van der Waals surface area contributed by atoms with Crippen molar-refractivity contribution >= 4 is 11.8 Å². The number of benzene rings is 2. The molecule has 2 heterocycles. The first kappa shape index (κ1) is 17.1. The maximum atomic E-state index is 11.7. The zero-order chi connectivity index (χ0) is 18.8. The van der Waals surface area contributed by atoms with Gasteiger partial charge in [0.25, 0.3) is 0 Å². The molecule has 0 spiro atoms. The Balaban J connectivity index is 1.62. The summed E-state index contributed by atoms with van der Waals surface area (Å²) in [6, 6.07) is 17.5. The molecule has 0 bridgehead atoms. The highest BCUT2D eigenvalue weighted by atomic mass is 16.5. The third-order valence-corrected chi connectivity index (χ3v) is 4.86. The van der Waals surface area contributed by atoms with Crippen LogP contribution in [0.5, 0.6) is 5.75 Å². The topological polar surface area (TPSA) is 80.5 Å². The van der Waals surface area contributed by atoms with E-state index in [-0.39, 0.29) is 5.69 Å². The van der Waals surface area contributed by atoms with Gasteiger partial charge in [-0.2, -0.15) is 0 Å². The molecule has 1 aliphatic rings. The Kier molecular flexibility index (Phi) is 4.50. The lowest BCUT2D eigenvalue weighted by molar-refractivity contribution is 0.0690. The Bertz CT molecular complexity index is 938. The quantitative estimate of drug-likeness (QED) is 0.750. The number of anilines is 1. The average molecular weight is 364 g/mol. The molecule has 1 saturated heterocycles. The van der Waals surface area contributed by atoms with Crippen molar-refractivity contribution in [3.05, 3.63) is 65.9 Å². The fourth-order valence-electron chi connectivity index (χ4n) is 3.43. The minimum Gasteiger partial charge on any atom is -0.497 e. The van der Waals surface area contributed by atoms with Crippen LogP contribution in [-0.4, -0.2) is 46.3 Å². The molecule has 138 valence electrons. The molecule has 1 fully saturated rings. The van der Waals surface area contributed by atoms with Crippen molar-refractivity contribution < 1.29 is 14.6 Å². The highest BCUT2D eigenvalue weighted by Gasteiger charge is 2.30. The molecule has 0 amide bonds. The van der Waals surface area contributed by atoms with Crippen molar-refractivity contribution in [1.29, 1.82) is 0 Å². The second kappa shape index (κ2) is 7.11. The molecule has 4 rings (SSSR count). The van der Waals surface area contributed by atoms with Crippen LogP contribution < -0.4 is 9.64 Å². The summed E-state index contributed by atoms with van der Waals surface area (Å²) in [5.74, 6) is 0.415. The second-order valence-corrected chi connectivity index (χ2v) is 6.51. The van der Waals surface area contributed by atoms with Crippen molar-refractivity contribution in [2.45, 2.75) is 12.3 Å². The third-order valence-electron chi connectivity index (χ3n) is 4.86. The van der Waals surface area contributed by atoms with Gasteiger partial charge in [0.2, 0.25) is 5.69 Å². The summed E-state index contributed by atoms with van der Waals surface area (Å²) in [5.41, 5.74) is 1.92. The smallest absolute Gasteiger partial charge is 0.360 e. The van der Waals surface area contributed by atoms with Crippen LogP contribution in [0, 0.1) is 0 Å². The van der Waals surface area contributed by atoms with E-state index >= 15 is 0 Å². The number of ether oxygens (including phenoxy) is 1.